The van der Waals surface area contributed by atoms with E-state index in [4.69, 9.17) is 17.3 Å². The molecule has 0 amide bonds. The Morgan fingerprint density at radius 3 is 2.40 bits per heavy atom. The van der Waals surface area contributed by atoms with Crippen molar-refractivity contribution < 1.29 is 12.8 Å². The van der Waals surface area contributed by atoms with Gasteiger partial charge in [0.25, 0.3) is 0 Å². The minimum Gasteiger partial charge on any atom is -0.326 e. The molecule has 1 aromatic carbocycles. The smallest absolute Gasteiger partial charge is 0.246 e. The maximum absolute atomic E-state index is 14.3. The molecule has 20 heavy (non-hydrogen) atoms. The van der Waals surface area contributed by atoms with Gasteiger partial charge in [-0.05, 0) is 32.4 Å². The van der Waals surface area contributed by atoms with E-state index in [9.17, 15) is 12.8 Å². The fourth-order valence-electron chi connectivity index (χ4n) is 1.65. The van der Waals surface area contributed by atoms with Crippen molar-refractivity contribution in [3.8, 4) is 0 Å². The number of hydrogen-bond donors (Lipinski definition) is 1. The van der Waals surface area contributed by atoms with Gasteiger partial charge in [-0.25, -0.2) is 12.8 Å². The average molecular weight is 323 g/mol. The number of nitrogens with zero attached hydrogens (tertiary/aromatic N) is 1. The van der Waals surface area contributed by atoms with Crippen LogP contribution in [0.25, 0.3) is 0 Å². The summed E-state index contributed by atoms with van der Waals surface area (Å²) in [6, 6.07) is 2.45. The van der Waals surface area contributed by atoms with Crippen molar-refractivity contribution in [3.63, 3.8) is 0 Å². The molecule has 0 heterocycles. The SMILES string of the molecule is CCC(C)(C)N(C)S(=O)(=O)c1cc(Cl)cc(CN)c1F. The van der Waals surface area contributed by atoms with Crippen LogP contribution in [0.3, 0.4) is 0 Å². The Labute approximate surface area is 124 Å². The zero-order valence-corrected chi connectivity index (χ0v) is 13.6. The molecule has 1 aromatic rings. The van der Waals surface area contributed by atoms with Gasteiger partial charge >= 0.3 is 0 Å². The number of nitrogens with two attached hydrogens (primary N) is 1. The van der Waals surface area contributed by atoms with E-state index in [1.54, 1.807) is 13.8 Å². The molecule has 0 radical (unpaired) electrons. The summed E-state index contributed by atoms with van der Waals surface area (Å²) in [6.45, 7) is 5.30. The van der Waals surface area contributed by atoms with Gasteiger partial charge in [0, 0.05) is 29.7 Å². The van der Waals surface area contributed by atoms with Gasteiger partial charge in [-0.3, -0.25) is 0 Å². The Bertz CT molecular complexity index is 603. The first-order chi connectivity index (χ1) is 9.07. The number of benzene rings is 1. The zero-order chi connectivity index (χ0) is 15.7. The van der Waals surface area contributed by atoms with Crippen LogP contribution in [0.1, 0.15) is 32.8 Å². The van der Waals surface area contributed by atoms with Crippen LogP contribution < -0.4 is 5.73 Å². The van der Waals surface area contributed by atoms with Gasteiger partial charge in [-0.15, -0.1) is 0 Å². The standard InChI is InChI=1S/C13H20ClFN2O2S/c1-5-13(2,3)17(4)20(18,19)11-7-10(14)6-9(8-16)12(11)15/h6-7H,5,8,16H2,1-4H3. The van der Waals surface area contributed by atoms with E-state index >= 15 is 0 Å². The monoisotopic (exact) mass is 322 g/mol. The summed E-state index contributed by atoms with van der Waals surface area (Å²) in [7, 11) is -2.54. The molecular formula is C13H20ClFN2O2S. The molecule has 2 N–H and O–H groups in total. The van der Waals surface area contributed by atoms with Crippen molar-refractivity contribution in [1.82, 2.24) is 4.31 Å². The molecule has 114 valence electrons. The van der Waals surface area contributed by atoms with Crippen LogP contribution in [-0.4, -0.2) is 25.3 Å². The molecule has 0 bridgehead atoms. The molecule has 0 spiro atoms. The topological polar surface area (TPSA) is 63.4 Å². The number of halogens is 2. The second-order valence-electron chi connectivity index (χ2n) is 5.22. The zero-order valence-electron chi connectivity index (χ0n) is 12.1. The van der Waals surface area contributed by atoms with Crippen molar-refractivity contribution >= 4 is 21.6 Å². The van der Waals surface area contributed by atoms with Crippen LogP contribution in [0.2, 0.25) is 5.02 Å². The molecule has 0 aliphatic rings. The normalized spacial score (nSPS) is 13.0. The van der Waals surface area contributed by atoms with Gasteiger partial charge in [-0.1, -0.05) is 18.5 Å². The Morgan fingerprint density at radius 1 is 1.40 bits per heavy atom. The number of hydrogen-bond acceptors (Lipinski definition) is 3. The summed E-state index contributed by atoms with van der Waals surface area (Å²) in [4.78, 5) is -0.436. The van der Waals surface area contributed by atoms with Gasteiger partial charge in [0.15, 0.2) is 0 Å². The van der Waals surface area contributed by atoms with Crippen molar-refractivity contribution in [2.75, 3.05) is 7.05 Å². The molecule has 0 fully saturated rings. The Hall–Kier alpha value is -0.690. The predicted octanol–water partition coefficient (Wildman–Crippen LogP) is 2.75. The molecule has 0 aliphatic heterocycles. The van der Waals surface area contributed by atoms with Crippen LogP contribution in [-0.2, 0) is 16.6 Å². The third-order valence-electron chi connectivity index (χ3n) is 3.66. The molecule has 0 aliphatic carbocycles. The van der Waals surface area contributed by atoms with Crippen LogP contribution in [0.5, 0.6) is 0 Å². The minimum atomic E-state index is -3.98. The summed E-state index contributed by atoms with van der Waals surface area (Å²) in [5.74, 6) is -0.837. The first-order valence-electron chi connectivity index (χ1n) is 6.25. The van der Waals surface area contributed by atoms with E-state index < -0.39 is 26.3 Å². The van der Waals surface area contributed by atoms with Crippen molar-refractivity contribution in [2.24, 2.45) is 5.73 Å². The third-order valence-corrected chi connectivity index (χ3v) is 5.94. The Morgan fingerprint density at radius 2 is 1.95 bits per heavy atom. The lowest BCUT2D eigenvalue weighted by Crippen LogP contribution is -2.44. The molecule has 7 heteroatoms. The van der Waals surface area contributed by atoms with Gasteiger partial charge < -0.3 is 5.73 Å². The largest absolute Gasteiger partial charge is 0.326 e. The summed E-state index contributed by atoms with van der Waals surface area (Å²) in [6.07, 6.45) is 0.592. The highest BCUT2D eigenvalue weighted by molar-refractivity contribution is 7.89. The average Bonchev–Trinajstić information content (AvgIpc) is 2.39. The minimum absolute atomic E-state index is 0.0822. The second kappa shape index (κ2) is 5.97. The van der Waals surface area contributed by atoms with Crippen LogP contribution in [0.4, 0.5) is 4.39 Å². The van der Waals surface area contributed by atoms with Crippen LogP contribution in [0.15, 0.2) is 17.0 Å². The molecule has 0 atom stereocenters. The lowest BCUT2D eigenvalue weighted by molar-refractivity contribution is 0.256. The molecular weight excluding hydrogens is 303 g/mol. The predicted molar refractivity (Wildman–Crippen MR) is 78.6 cm³/mol. The van der Waals surface area contributed by atoms with Crippen molar-refractivity contribution in [3.05, 3.63) is 28.5 Å². The van der Waals surface area contributed by atoms with Crippen molar-refractivity contribution in [2.45, 2.75) is 44.2 Å². The highest BCUT2D eigenvalue weighted by Crippen LogP contribution is 2.30. The highest BCUT2D eigenvalue weighted by Gasteiger charge is 2.35. The molecule has 0 aromatic heterocycles. The Balaban J connectivity index is 3.48. The van der Waals surface area contributed by atoms with Crippen molar-refractivity contribution in [1.29, 1.82) is 0 Å². The third kappa shape index (κ3) is 3.14. The van der Waals surface area contributed by atoms with E-state index in [0.717, 1.165) is 10.4 Å². The first kappa shape index (κ1) is 17.4. The second-order valence-corrected chi connectivity index (χ2v) is 7.59. The first-order valence-corrected chi connectivity index (χ1v) is 8.06. The summed E-state index contributed by atoms with van der Waals surface area (Å²) < 4.78 is 40.5. The molecule has 1 rings (SSSR count). The lowest BCUT2D eigenvalue weighted by atomic mass is 10.0. The fourth-order valence-corrected chi connectivity index (χ4v) is 3.66. The molecule has 0 saturated heterocycles. The van der Waals surface area contributed by atoms with Gasteiger partial charge in [0.1, 0.15) is 10.7 Å². The Kier molecular flexibility index (Phi) is 5.18. The number of rotatable bonds is 5. The lowest BCUT2D eigenvalue weighted by Gasteiger charge is -2.33. The summed E-state index contributed by atoms with van der Waals surface area (Å²) in [5, 5.41) is 0.146. The van der Waals surface area contributed by atoms with E-state index in [2.05, 4.69) is 0 Å². The quantitative estimate of drug-likeness (QED) is 0.906. The maximum Gasteiger partial charge on any atom is 0.246 e. The fraction of sp³-hybridized carbons (Fsp3) is 0.538. The maximum atomic E-state index is 14.3. The van der Waals surface area contributed by atoms with E-state index in [1.807, 2.05) is 6.92 Å². The summed E-state index contributed by atoms with van der Waals surface area (Å²) >= 11 is 5.85. The molecule has 4 nitrogen and oxygen atoms in total. The van der Waals surface area contributed by atoms with Gasteiger partial charge in [0.05, 0.1) is 0 Å². The summed E-state index contributed by atoms with van der Waals surface area (Å²) in [5.41, 5.74) is 4.87. The number of sulfonamides is 1. The van der Waals surface area contributed by atoms with Crippen LogP contribution >= 0.6 is 11.6 Å². The molecule has 0 saturated carbocycles. The molecule has 0 unspecified atom stereocenters. The van der Waals surface area contributed by atoms with E-state index in [0.29, 0.717) is 6.42 Å². The van der Waals surface area contributed by atoms with Crippen LogP contribution in [0, 0.1) is 5.82 Å². The highest BCUT2D eigenvalue weighted by atomic mass is 35.5. The van der Waals surface area contributed by atoms with Gasteiger partial charge in [-0.2, -0.15) is 4.31 Å². The van der Waals surface area contributed by atoms with E-state index in [1.165, 1.54) is 13.1 Å². The van der Waals surface area contributed by atoms with Gasteiger partial charge in [0.2, 0.25) is 10.0 Å². The van der Waals surface area contributed by atoms with E-state index in [-0.39, 0.29) is 17.1 Å².